The zero-order valence-electron chi connectivity index (χ0n) is 12.3. The van der Waals surface area contributed by atoms with Crippen molar-refractivity contribution in [1.29, 1.82) is 0 Å². The number of thiazole rings is 1. The van der Waals surface area contributed by atoms with Gasteiger partial charge in [-0.3, -0.25) is 4.99 Å². The topological polar surface area (TPSA) is 101 Å². The molecule has 0 radical (unpaired) electrons. The van der Waals surface area contributed by atoms with Crippen LogP contribution < -0.4 is 10.6 Å². The van der Waals surface area contributed by atoms with E-state index in [2.05, 4.69) is 30.6 Å². The second-order valence-corrected chi connectivity index (χ2v) is 5.36. The lowest BCUT2D eigenvalue weighted by atomic mass is 10.2. The molecule has 2 aromatic rings. The van der Waals surface area contributed by atoms with Crippen molar-refractivity contribution in [2.24, 2.45) is 4.99 Å². The summed E-state index contributed by atoms with van der Waals surface area (Å²) in [5.74, 6) is 0.00240. The average molecular weight is 330 g/mol. The number of rotatable bonds is 5. The standard InChI is InChI=1S/C14H14N6O2S/c1-2-22-12(21)11-10(9-4-7-15-8-18-9)19-14(23-11)20-13-16-5-3-6-17-13/h3-7,18H,2,8H2,1H3,(H,16,17,19,20). The van der Waals surface area contributed by atoms with Gasteiger partial charge in [-0.2, -0.15) is 0 Å². The van der Waals surface area contributed by atoms with Crippen molar-refractivity contribution in [3.05, 3.63) is 35.1 Å². The second-order valence-electron chi connectivity index (χ2n) is 4.36. The molecular formula is C14H14N6O2S. The Hall–Kier alpha value is -2.81. The molecule has 0 atom stereocenters. The number of nitrogens with one attached hydrogen (secondary N) is 2. The number of hydrogen-bond donors (Lipinski definition) is 2. The van der Waals surface area contributed by atoms with Crippen LogP contribution >= 0.6 is 11.3 Å². The first-order valence-corrected chi connectivity index (χ1v) is 7.76. The minimum absolute atomic E-state index is 0.300. The molecule has 1 aliphatic heterocycles. The SMILES string of the molecule is CCOC(=O)c1sc(Nc2ncccn2)nc1C1=CC=NCN1. The first kappa shape index (κ1) is 15.1. The van der Waals surface area contributed by atoms with Gasteiger partial charge in [0.1, 0.15) is 17.2 Å². The van der Waals surface area contributed by atoms with Crippen molar-refractivity contribution in [1.82, 2.24) is 20.3 Å². The number of hydrogen-bond acceptors (Lipinski definition) is 9. The van der Waals surface area contributed by atoms with Crippen LogP contribution in [0.5, 0.6) is 0 Å². The van der Waals surface area contributed by atoms with Crippen LogP contribution in [0.3, 0.4) is 0 Å². The molecule has 118 valence electrons. The van der Waals surface area contributed by atoms with E-state index in [9.17, 15) is 4.79 Å². The van der Waals surface area contributed by atoms with E-state index in [1.165, 1.54) is 11.3 Å². The lowest BCUT2D eigenvalue weighted by Gasteiger charge is -2.10. The molecule has 0 aromatic carbocycles. The van der Waals surface area contributed by atoms with Crippen molar-refractivity contribution in [2.45, 2.75) is 6.92 Å². The molecule has 2 N–H and O–H groups in total. The molecule has 23 heavy (non-hydrogen) atoms. The molecule has 3 rings (SSSR count). The zero-order valence-corrected chi connectivity index (χ0v) is 13.1. The highest BCUT2D eigenvalue weighted by Gasteiger charge is 2.22. The summed E-state index contributed by atoms with van der Waals surface area (Å²) in [6.07, 6.45) is 6.69. The second kappa shape index (κ2) is 6.97. The highest BCUT2D eigenvalue weighted by molar-refractivity contribution is 7.17. The van der Waals surface area contributed by atoms with Crippen LogP contribution in [0.4, 0.5) is 11.1 Å². The fourth-order valence-electron chi connectivity index (χ4n) is 1.88. The van der Waals surface area contributed by atoms with E-state index >= 15 is 0 Å². The first-order valence-electron chi connectivity index (χ1n) is 6.94. The van der Waals surface area contributed by atoms with Gasteiger partial charge in [0.05, 0.1) is 12.3 Å². The lowest BCUT2D eigenvalue weighted by Crippen LogP contribution is -2.18. The fourth-order valence-corrected chi connectivity index (χ4v) is 2.75. The van der Waals surface area contributed by atoms with E-state index in [0.717, 1.165) is 5.70 Å². The fraction of sp³-hybridized carbons (Fsp3) is 0.214. The van der Waals surface area contributed by atoms with Crippen molar-refractivity contribution in [3.8, 4) is 0 Å². The number of ether oxygens (including phenoxy) is 1. The third kappa shape index (κ3) is 3.51. The molecule has 0 saturated carbocycles. The maximum absolute atomic E-state index is 12.2. The quantitative estimate of drug-likeness (QED) is 0.806. The van der Waals surface area contributed by atoms with Crippen LogP contribution in [-0.4, -0.2) is 40.4 Å². The molecular weight excluding hydrogens is 316 g/mol. The number of esters is 1. The number of aromatic nitrogens is 3. The van der Waals surface area contributed by atoms with Crippen LogP contribution in [-0.2, 0) is 4.74 Å². The molecule has 0 fully saturated rings. The van der Waals surface area contributed by atoms with Gasteiger partial charge >= 0.3 is 5.97 Å². The largest absolute Gasteiger partial charge is 0.462 e. The van der Waals surface area contributed by atoms with E-state index < -0.39 is 5.97 Å². The Labute approximate surface area is 136 Å². The highest BCUT2D eigenvalue weighted by Crippen LogP contribution is 2.29. The van der Waals surface area contributed by atoms with E-state index in [1.54, 1.807) is 37.7 Å². The highest BCUT2D eigenvalue weighted by atomic mass is 32.1. The smallest absolute Gasteiger partial charge is 0.350 e. The minimum Gasteiger partial charge on any atom is -0.462 e. The Bertz CT molecular complexity index is 756. The molecule has 0 amide bonds. The molecule has 1 aliphatic rings. The van der Waals surface area contributed by atoms with Gasteiger partial charge in [0, 0.05) is 18.6 Å². The van der Waals surface area contributed by atoms with Gasteiger partial charge in [0.15, 0.2) is 5.13 Å². The van der Waals surface area contributed by atoms with Crippen molar-refractivity contribution < 1.29 is 9.53 Å². The maximum atomic E-state index is 12.2. The molecule has 0 saturated heterocycles. The predicted molar refractivity (Wildman–Crippen MR) is 87.9 cm³/mol. The van der Waals surface area contributed by atoms with Crippen molar-refractivity contribution >= 4 is 40.3 Å². The van der Waals surface area contributed by atoms with Crippen molar-refractivity contribution in [2.75, 3.05) is 18.6 Å². The van der Waals surface area contributed by atoms with Crippen LogP contribution in [0.25, 0.3) is 5.70 Å². The third-order valence-electron chi connectivity index (χ3n) is 2.84. The van der Waals surface area contributed by atoms with Crippen LogP contribution in [0, 0.1) is 0 Å². The van der Waals surface area contributed by atoms with Crippen LogP contribution in [0.1, 0.15) is 22.3 Å². The van der Waals surface area contributed by atoms with E-state index in [1.807, 2.05) is 0 Å². The maximum Gasteiger partial charge on any atom is 0.350 e. The summed E-state index contributed by atoms with van der Waals surface area (Å²) in [6, 6.07) is 1.72. The van der Waals surface area contributed by atoms with Crippen LogP contribution in [0.2, 0.25) is 0 Å². The summed E-state index contributed by atoms with van der Waals surface area (Å²) >= 11 is 1.19. The summed E-state index contributed by atoms with van der Waals surface area (Å²) in [7, 11) is 0. The molecule has 3 heterocycles. The molecule has 0 spiro atoms. The molecule has 2 aromatic heterocycles. The summed E-state index contributed by atoms with van der Waals surface area (Å²) < 4.78 is 5.11. The molecule has 0 unspecified atom stereocenters. The average Bonchev–Trinajstić information content (AvgIpc) is 3.01. The van der Waals surface area contributed by atoms with Gasteiger partial charge in [-0.25, -0.2) is 19.7 Å². The first-order chi connectivity index (χ1) is 11.3. The number of nitrogens with zero attached hydrogens (tertiary/aromatic N) is 4. The summed E-state index contributed by atoms with van der Waals surface area (Å²) in [6.45, 7) is 2.51. The lowest BCUT2D eigenvalue weighted by molar-refractivity contribution is 0.0531. The van der Waals surface area contributed by atoms with Gasteiger partial charge < -0.3 is 15.4 Å². The Morgan fingerprint density at radius 2 is 2.26 bits per heavy atom. The van der Waals surface area contributed by atoms with Gasteiger partial charge in [0.2, 0.25) is 5.95 Å². The number of allylic oxidation sites excluding steroid dienone is 1. The van der Waals surface area contributed by atoms with Gasteiger partial charge in [-0.1, -0.05) is 11.3 Å². The summed E-state index contributed by atoms with van der Waals surface area (Å²) in [5.41, 5.74) is 1.25. The molecule has 0 bridgehead atoms. The summed E-state index contributed by atoms with van der Waals surface area (Å²) in [5, 5.41) is 6.59. The van der Waals surface area contributed by atoms with E-state index in [-0.39, 0.29) is 0 Å². The summed E-state index contributed by atoms with van der Waals surface area (Å²) in [4.78, 5) is 29.3. The molecule has 9 heteroatoms. The molecule has 0 aliphatic carbocycles. The minimum atomic E-state index is -0.410. The van der Waals surface area contributed by atoms with Crippen molar-refractivity contribution in [3.63, 3.8) is 0 Å². The Balaban J connectivity index is 1.94. The monoisotopic (exact) mass is 330 g/mol. The van der Waals surface area contributed by atoms with Crippen LogP contribution in [0.15, 0.2) is 29.5 Å². The Morgan fingerprint density at radius 1 is 1.43 bits per heavy atom. The Morgan fingerprint density at radius 3 is 2.96 bits per heavy atom. The Kier molecular flexibility index (Phi) is 4.57. The van der Waals surface area contributed by atoms with Gasteiger partial charge in [-0.05, 0) is 19.1 Å². The number of carbonyl (C=O) groups excluding carboxylic acids is 1. The number of anilines is 2. The number of aliphatic imine (C=N–C) groups is 1. The van der Waals surface area contributed by atoms with E-state index in [0.29, 0.717) is 34.9 Å². The third-order valence-corrected chi connectivity index (χ3v) is 3.79. The van der Waals surface area contributed by atoms with Gasteiger partial charge in [-0.15, -0.1) is 0 Å². The number of carbonyl (C=O) groups is 1. The zero-order chi connectivity index (χ0) is 16.1. The van der Waals surface area contributed by atoms with E-state index in [4.69, 9.17) is 4.74 Å². The molecule has 8 nitrogen and oxygen atoms in total. The predicted octanol–water partition coefficient (Wildman–Crippen LogP) is 1.83. The normalized spacial score (nSPS) is 13.2. The van der Waals surface area contributed by atoms with Gasteiger partial charge in [0.25, 0.3) is 0 Å².